The molecule has 1 aliphatic rings. The molecule has 0 aromatic carbocycles. The molecule has 8 nitrogen and oxygen atoms in total. The van der Waals surface area contributed by atoms with E-state index >= 15 is 0 Å². The van der Waals surface area contributed by atoms with E-state index in [0.29, 0.717) is 6.42 Å². The number of unbranched alkanes of at least 4 members (excludes halogenated alkanes) is 1. The summed E-state index contributed by atoms with van der Waals surface area (Å²) in [6.07, 6.45) is -2.33. The summed E-state index contributed by atoms with van der Waals surface area (Å²) in [4.78, 5) is 25.7. The van der Waals surface area contributed by atoms with Gasteiger partial charge in [-0.25, -0.2) is 4.79 Å². The maximum Gasteiger partial charge on any atom is 0.330 e. The van der Waals surface area contributed by atoms with Gasteiger partial charge in [0.25, 0.3) is 5.56 Å². The van der Waals surface area contributed by atoms with Gasteiger partial charge in [-0.1, -0.05) is 18.8 Å². The molecular formula is C14H18N2O6. The molecule has 1 fully saturated rings. The number of nitrogens with zero attached hydrogens (tertiary/aromatic N) is 1. The molecule has 8 heteroatoms. The van der Waals surface area contributed by atoms with Gasteiger partial charge in [0.1, 0.15) is 23.9 Å². The number of aliphatic hydroxyl groups excluding tert-OH is 3. The molecule has 1 aliphatic heterocycles. The van der Waals surface area contributed by atoms with Crippen LogP contribution >= 0.6 is 0 Å². The Morgan fingerprint density at radius 1 is 1.36 bits per heavy atom. The molecule has 0 aliphatic carbocycles. The number of ether oxygens (including phenoxy) is 1. The number of aromatic amines is 1. The summed E-state index contributed by atoms with van der Waals surface area (Å²) in [5.74, 6) is 5.44. The van der Waals surface area contributed by atoms with Crippen molar-refractivity contribution >= 4 is 0 Å². The van der Waals surface area contributed by atoms with Crippen LogP contribution in [0.5, 0.6) is 0 Å². The first-order valence-corrected chi connectivity index (χ1v) is 6.96. The zero-order valence-corrected chi connectivity index (χ0v) is 12.0. The molecule has 120 valence electrons. The number of aliphatic hydroxyl groups is 3. The Morgan fingerprint density at radius 2 is 2.09 bits per heavy atom. The van der Waals surface area contributed by atoms with Gasteiger partial charge in [-0.05, 0) is 6.42 Å². The minimum Gasteiger partial charge on any atom is -0.394 e. The highest BCUT2D eigenvalue weighted by atomic mass is 16.6. The minimum absolute atomic E-state index is 0.0609. The Labute approximate surface area is 126 Å². The molecule has 4 N–H and O–H groups in total. The fourth-order valence-electron chi connectivity index (χ4n) is 2.16. The summed E-state index contributed by atoms with van der Waals surface area (Å²) < 4.78 is 6.22. The van der Waals surface area contributed by atoms with Crippen molar-refractivity contribution in [2.24, 2.45) is 0 Å². The minimum atomic E-state index is -1.41. The Kier molecular flexibility index (Phi) is 5.15. The lowest BCUT2D eigenvalue weighted by Crippen LogP contribution is -2.38. The van der Waals surface area contributed by atoms with Gasteiger partial charge in [0.15, 0.2) is 6.23 Å². The molecule has 22 heavy (non-hydrogen) atoms. The van der Waals surface area contributed by atoms with E-state index in [-0.39, 0.29) is 5.56 Å². The van der Waals surface area contributed by atoms with E-state index in [1.165, 1.54) is 6.20 Å². The van der Waals surface area contributed by atoms with Crippen molar-refractivity contribution in [3.05, 3.63) is 32.6 Å². The summed E-state index contributed by atoms with van der Waals surface area (Å²) in [5.41, 5.74) is -1.36. The zero-order chi connectivity index (χ0) is 16.3. The van der Waals surface area contributed by atoms with Gasteiger partial charge in [-0.2, -0.15) is 0 Å². The molecule has 2 heterocycles. The van der Waals surface area contributed by atoms with Crippen LogP contribution in [0.15, 0.2) is 15.8 Å². The molecule has 4 atom stereocenters. The molecule has 0 unspecified atom stereocenters. The number of hydrogen-bond acceptors (Lipinski definition) is 6. The predicted octanol–water partition coefficient (Wildman–Crippen LogP) is -1.70. The molecule has 0 bridgehead atoms. The van der Waals surface area contributed by atoms with Crippen molar-refractivity contribution < 1.29 is 20.1 Å². The molecule has 1 saturated heterocycles. The van der Waals surface area contributed by atoms with Crippen LogP contribution in [0.3, 0.4) is 0 Å². The monoisotopic (exact) mass is 310 g/mol. The highest BCUT2D eigenvalue weighted by Gasteiger charge is 2.43. The Morgan fingerprint density at radius 3 is 2.68 bits per heavy atom. The van der Waals surface area contributed by atoms with Gasteiger partial charge in [0.05, 0.1) is 6.61 Å². The van der Waals surface area contributed by atoms with Crippen molar-refractivity contribution in [2.75, 3.05) is 6.61 Å². The van der Waals surface area contributed by atoms with Gasteiger partial charge >= 0.3 is 5.69 Å². The molecule has 0 amide bonds. The van der Waals surface area contributed by atoms with E-state index in [9.17, 15) is 19.8 Å². The van der Waals surface area contributed by atoms with Crippen molar-refractivity contribution in [3.63, 3.8) is 0 Å². The Bertz CT molecular complexity index is 698. The average molecular weight is 310 g/mol. The second-order valence-corrected chi connectivity index (χ2v) is 4.99. The predicted molar refractivity (Wildman–Crippen MR) is 76.1 cm³/mol. The number of H-pyrrole nitrogens is 1. The van der Waals surface area contributed by atoms with Gasteiger partial charge in [0.2, 0.25) is 0 Å². The molecule has 1 aromatic rings. The molecule has 0 radical (unpaired) electrons. The third-order valence-corrected chi connectivity index (χ3v) is 3.36. The van der Waals surface area contributed by atoms with E-state index < -0.39 is 42.4 Å². The van der Waals surface area contributed by atoms with E-state index in [1.807, 2.05) is 6.92 Å². The highest BCUT2D eigenvalue weighted by molar-refractivity contribution is 5.29. The van der Waals surface area contributed by atoms with Gasteiger partial charge < -0.3 is 20.1 Å². The normalized spacial score (nSPS) is 27.5. The van der Waals surface area contributed by atoms with Gasteiger partial charge in [0, 0.05) is 12.6 Å². The molecule has 0 spiro atoms. The Balaban J connectivity index is 2.40. The SMILES string of the molecule is CCCC#Cc1cn([C@@H]2O[C@H](CO)[C@@H](O)[C@H]2O)c(=O)[nH]c1=O. The van der Waals surface area contributed by atoms with E-state index in [2.05, 4.69) is 16.8 Å². The van der Waals surface area contributed by atoms with Crippen LogP contribution < -0.4 is 11.2 Å². The van der Waals surface area contributed by atoms with Crippen molar-refractivity contribution in [1.29, 1.82) is 0 Å². The van der Waals surface area contributed by atoms with Crippen LogP contribution in [0.2, 0.25) is 0 Å². The second-order valence-electron chi connectivity index (χ2n) is 4.99. The summed E-state index contributed by atoms with van der Waals surface area (Å²) in [6.45, 7) is 1.44. The first kappa shape index (κ1) is 16.5. The van der Waals surface area contributed by atoms with Crippen LogP contribution in [0.25, 0.3) is 0 Å². The van der Waals surface area contributed by atoms with Crippen LogP contribution in [0.1, 0.15) is 31.6 Å². The van der Waals surface area contributed by atoms with E-state index in [4.69, 9.17) is 9.84 Å². The molecule has 2 rings (SSSR count). The molecular weight excluding hydrogens is 292 g/mol. The smallest absolute Gasteiger partial charge is 0.330 e. The first-order chi connectivity index (χ1) is 10.5. The largest absolute Gasteiger partial charge is 0.394 e. The van der Waals surface area contributed by atoms with Crippen LogP contribution in [-0.4, -0.2) is 49.8 Å². The van der Waals surface area contributed by atoms with Crippen LogP contribution in [-0.2, 0) is 4.74 Å². The summed E-state index contributed by atoms with van der Waals surface area (Å²) in [5, 5.41) is 28.7. The lowest BCUT2D eigenvalue weighted by Gasteiger charge is -2.17. The maximum atomic E-state index is 11.9. The van der Waals surface area contributed by atoms with Gasteiger partial charge in [-0.15, -0.1) is 0 Å². The quantitative estimate of drug-likeness (QED) is 0.493. The van der Waals surface area contributed by atoms with Crippen molar-refractivity contribution in [2.45, 2.75) is 44.3 Å². The lowest BCUT2D eigenvalue weighted by atomic mass is 10.1. The third kappa shape index (κ3) is 3.13. The lowest BCUT2D eigenvalue weighted by molar-refractivity contribution is -0.0550. The maximum absolute atomic E-state index is 11.9. The van der Waals surface area contributed by atoms with Crippen molar-refractivity contribution in [3.8, 4) is 11.8 Å². The first-order valence-electron chi connectivity index (χ1n) is 6.96. The molecule has 1 aromatic heterocycles. The second kappa shape index (κ2) is 6.89. The van der Waals surface area contributed by atoms with Gasteiger partial charge in [-0.3, -0.25) is 14.3 Å². The standard InChI is InChI=1S/C14H18N2O6/c1-2-3-4-5-8-6-16(14(21)15-12(8)20)13-11(19)10(18)9(7-17)22-13/h6,9-11,13,17-19H,2-3,7H2,1H3,(H,15,20,21)/t9-,10-,11-,13-/m1/s1. The van der Waals surface area contributed by atoms with E-state index in [1.54, 1.807) is 0 Å². The average Bonchev–Trinajstić information content (AvgIpc) is 2.77. The van der Waals surface area contributed by atoms with Crippen LogP contribution in [0, 0.1) is 11.8 Å². The summed E-state index contributed by atoms with van der Waals surface area (Å²) >= 11 is 0. The van der Waals surface area contributed by atoms with E-state index in [0.717, 1.165) is 11.0 Å². The van der Waals surface area contributed by atoms with Crippen LogP contribution in [0.4, 0.5) is 0 Å². The number of hydrogen-bond donors (Lipinski definition) is 4. The topological polar surface area (TPSA) is 125 Å². The van der Waals surface area contributed by atoms with Crippen molar-refractivity contribution in [1.82, 2.24) is 9.55 Å². The fourth-order valence-corrected chi connectivity index (χ4v) is 2.16. The Hall–Kier alpha value is -1.92. The number of aromatic nitrogens is 2. The summed E-state index contributed by atoms with van der Waals surface area (Å²) in [7, 11) is 0. The number of rotatable bonds is 3. The third-order valence-electron chi connectivity index (χ3n) is 3.36. The zero-order valence-electron chi connectivity index (χ0n) is 12.0. The fraction of sp³-hybridized carbons (Fsp3) is 0.571. The molecule has 0 saturated carbocycles. The summed E-state index contributed by atoms with van der Waals surface area (Å²) in [6, 6.07) is 0. The number of nitrogens with one attached hydrogen (secondary N) is 1. The highest BCUT2D eigenvalue weighted by Crippen LogP contribution is 2.27.